The number of halogens is 1. The molecular formula is C14H18FN3S. The smallest absolute Gasteiger partial charge is 0.195 e. The third kappa shape index (κ3) is 3.29. The first-order valence-electron chi connectivity index (χ1n) is 6.52. The molecule has 2 rings (SSSR count). The van der Waals surface area contributed by atoms with Gasteiger partial charge in [0, 0.05) is 12.5 Å². The Hall–Kier alpha value is -1.49. The molecule has 0 saturated heterocycles. The van der Waals surface area contributed by atoms with Gasteiger partial charge in [0.25, 0.3) is 0 Å². The number of benzene rings is 1. The van der Waals surface area contributed by atoms with Gasteiger partial charge in [0.05, 0.1) is 0 Å². The molecule has 5 heteroatoms. The Morgan fingerprint density at radius 2 is 2.05 bits per heavy atom. The number of rotatable bonds is 5. The fraction of sp³-hybridized carbons (Fsp3) is 0.429. The molecule has 2 aromatic rings. The van der Waals surface area contributed by atoms with E-state index in [0.717, 1.165) is 30.7 Å². The third-order valence-electron chi connectivity index (χ3n) is 3.14. The van der Waals surface area contributed by atoms with Gasteiger partial charge in [-0.3, -0.25) is 5.10 Å². The van der Waals surface area contributed by atoms with E-state index in [-0.39, 0.29) is 11.9 Å². The molecule has 1 unspecified atom stereocenters. The van der Waals surface area contributed by atoms with E-state index in [4.69, 9.17) is 12.2 Å². The van der Waals surface area contributed by atoms with Crippen molar-refractivity contribution >= 4 is 12.2 Å². The van der Waals surface area contributed by atoms with Crippen LogP contribution in [-0.4, -0.2) is 14.8 Å². The Labute approximate surface area is 117 Å². The quantitative estimate of drug-likeness (QED) is 0.844. The molecule has 1 aromatic heterocycles. The van der Waals surface area contributed by atoms with Crippen LogP contribution in [0, 0.1) is 10.6 Å². The molecular weight excluding hydrogens is 261 g/mol. The summed E-state index contributed by atoms with van der Waals surface area (Å²) in [6.45, 7) is 4.22. The first kappa shape index (κ1) is 13.9. The summed E-state index contributed by atoms with van der Waals surface area (Å²) in [4.78, 5) is 0. The number of H-pyrrole nitrogens is 1. The standard InChI is InChI=1S/C14H18FN3S/c1-3-4-13-16-17-14(19)18(13)10(2)9-11-5-7-12(15)8-6-11/h5-8,10H,3-4,9H2,1-2H3,(H,17,19). The molecule has 0 aliphatic heterocycles. The van der Waals surface area contributed by atoms with Crippen molar-refractivity contribution in [3.05, 3.63) is 46.2 Å². The van der Waals surface area contributed by atoms with Gasteiger partial charge in [-0.25, -0.2) is 4.39 Å². The normalized spacial score (nSPS) is 12.6. The van der Waals surface area contributed by atoms with E-state index in [9.17, 15) is 4.39 Å². The van der Waals surface area contributed by atoms with Gasteiger partial charge < -0.3 is 4.57 Å². The first-order chi connectivity index (χ1) is 9.11. The zero-order valence-electron chi connectivity index (χ0n) is 11.2. The van der Waals surface area contributed by atoms with Crippen LogP contribution in [0.5, 0.6) is 0 Å². The molecule has 0 aliphatic rings. The van der Waals surface area contributed by atoms with Crippen LogP contribution in [-0.2, 0) is 12.8 Å². The lowest BCUT2D eigenvalue weighted by Crippen LogP contribution is -2.12. The SMILES string of the molecule is CCCc1n[nH]c(=S)n1C(C)Cc1ccc(F)cc1. The van der Waals surface area contributed by atoms with E-state index in [1.54, 1.807) is 0 Å². The second-order valence-electron chi connectivity index (χ2n) is 4.74. The number of hydrogen-bond donors (Lipinski definition) is 1. The van der Waals surface area contributed by atoms with Gasteiger partial charge in [0.15, 0.2) is 4.77 Å². The third-order valence-corrected chi connectivity index (χ3v) is 3.42. The van der Waals surface area contributed by atoms with Gasteiger partial charge in [-0.1, -0.05) is 19.1 Å². The average molecular weight is 279 g/mol. The largest absolute Gasteiger partial charge is 0.301 e. The van der Waals surface area contributed by atoms with Crippen LogP contribution in [0.15, 0.2) is 24.3 Å². The Kier molecular flexibility index (Phi) is 4.47. The minimum absolute atomic E-state index is 0.206. The van der Waals surface area contributed by atoms with Gasteiger partial charge in [-0.2, -0.15) is 5.10 Å². The molecule has 0 aliphatic carbocycles. The van der Waals surface area contributed by atoms with Crippen LogP contribution in [0.2, 0.25) is 0 Å². The summed E-state index contributed by atoms with van der Waals surface area (Å²) < 4.78 is 15.6. The van der Waals surface area contributed by atoms with Crippen LogP contribution >= 0.6 is 12.2 Å². The summed E-state index contributed by atoms with van der Waals surface area (Å²) >= 11 is 5.29. The minimum atomic E-state index is -0.206. The van der Waals surface area contributed by atoms with E-state index in [1.165, 1.54) is 12.1 Å². The number of aryl methyl sites for hydroxylation is 1. The number of nitrogens with one attached hydrogen (secondary N) is 1. The highest BCUT2D eigenvalue weighted by Gasteiger charge is 2.12. The Bertz CT molecular complexity index is 585. The molecule has 0 fully saturated rings. The molecule has 102 valence electrons. The molecule has 0 radical (unpaired) electrons. The molecule has 0 saturated carbocycles. The molecule has 1 atom stereocenters. The van der Waals surface area contributed by atoms with Crippen molar-refractivity contribution in [1.82, 2.24) is 14.8 Å². The second-order valence-corrected chi connectivity index (χ2v) is 5.13. The summed E-state index contributed by atoms with van der Waals surface area (Å²) in [5.74, 6) is 0.783. The topological polar surface area (TPSA) is 33.6 Å². The summed E-state index contributed by atoms with van der Waals surface area (Å²) in [7, 11) is 0. The number of aromatic nitrogens is 3. The van der Waals surface area contributed by atoms with E-state index in [1.807, 2.05) is 12.1 Å². The summed E-state index contributed by atoms with van der Waals surface area (Å²) in [6.07, 6.45) is 2.74. The number of hydrogen-bond acceptors (Lipinski definition) is 2. The highest BCUT2D eigenvalue weighted by atomic mass is 32.1. The van der Waals surface area contributed by atoms with E-state index in [2.05, 4.69) is 28.6 Å². The van der Waals surface area contributed by atoms with Gasteiger partial charge in [0.1, 0.15) is 11.6 Å². The molecule has 0 bridgehead atoms. The van der Waals surface area contributed by atoms with E-state index >= 15 is 0 Å². The minimum Gasteiger partial charge on any atom is -0.301 e. The van der Waals surface area contributed by atoms with Gasteiger partial charge in [0.2, 0.25) is 0 Å². The van der Waals surface area contributed by atoms with Crippen molar-refractivity contribution in [2.45, 2.75) is 39.2 Å². The van der Waals surface area contributed by atoms with Gasteiger partial charge in [-0.05, 0) is 49.7 Å². The zero-order chi connectivity index (χ0) is 13.8. The maximum atomic E-state index is 12.9. The van der Waals surface area contributed by atoms with Crippen LogP contribution in [0.25, 0.3) is 0 Å². The predicted octanol–water partition coefficient (Wildman–Crippen LogP) is 3.84. The van der Waals surface area contributed by atoms with E-state index in [0.29, 0.717) is 4.77 Å². The lowest BCUT2D eigenvalue weighted by Gasteiger charge is -2.15. The number of nitrogens with zero attached hydrogens (tertiary/aromatic N) is 2. The van der Waals surface area contributed by atoms with Crippen molar-refractivity contribution in [2.75, 3.05) is 0 Å². The van der Waals surface area contributed by atoms with Crippen molar-refractivity contribution < 1.29 is 4.39 Å². The van der Waals surface area contributed by atoms with Gasteiger partial charge >= 0.3 is 0 Å². The van der Waals surface area contributed by atoms with E-state index < -0.39 is 0 Å². The van der Waals surface area contributed by atoms with Crippen LogP contribution in [0.4, 0.5) is 4.39 Å². The highest BCUT2D eigenvalue weighted by Crippen LogP contribution is 2.17. The molecule has 1 aromatic carbocycles. The molecule has 0 amide bonds. The molecule has 0 spiro atoms. The van der Waals surface area contributed by atoms with Crippen LogP contribution in [0.3, 0.4) is 0 Å². The molecule has 3 nitrogen and oxygen atoms in total. The summed E-state index contributed by atoms with van der Waals surface area (Å²) in [6, 6.07) is 6.82. The maximum absolute atomic E-state index is 12.9. The lowest BCUT2D eigenvalue weighted by atomic mass is 10.1. The zero-order valence-corrected chi connectivity index (χ0v) is 12.0. The molecule has 1 heterocycles. The molecule has 19 heavy (non-hydrogen) atoms. The Balaban J connectivity index is 2.19. The van der Waals surface area contributed by atoms with Crippen molar-refractivity contribution in [3.8, 4) is 0 Å². The second kappa shape index (κ2) is 6.10. The monoisotopic (exact) mass is 279 g/mol. The molecule has 1 N–H and O–H groups in total. The van der Waals surface area contributed by atoms with Crippen LogP contribution in [0.1, 0.15) is 37.7 Å². The first-order valence-corrected chi connectivity index (χ1v) is 6.93. The highest BCUT2D eigenvalue weighted by molar-refractivity contribution is 7.71. The predicted molar refractivity (Wildman–Crippen MR) is 76.2 cm³/mol. The summed E-state index contributed by atoms with van der Waals surface area (Å²) in [5, 5.41) is 7.12. The Morgan fingerprint density at radius 3 is 2.68 bits per heavy atom. The Morgan fingerprint density at radius 1 is 1.37 bits per heavy atom. The van der Waals surface area contributed by atoms with Crippen molar-refractivity contribution in [1.29, 1.82) is 0 Å². The lowest BCUT2D eigenvalue weighted by molar-refractivity contribution is 0.512. The fourth-order valence-electron chi connectivity index (χ4n) is 2.24. The number of aromatic amines is 1. The average Bonchev–Trinajstić information content (AvgIpc) is 2.74. The van der Waals surface area contributed by atoms with Crippen LogP contribution < -0.4 is 0 Å². The van der Waals surface area contributed by atoms with Crippen molar-refractivity contribution in [3.63, 3.8) is 0 Å². The maximum Gasteiger partial charge on any atom is 0.195 e. The fourth-order valence-corrected chi connectivity index (χ4v) is 2.58. The summed E-state index contributed by atoms with van der Waals surface area (Å²) in [5.41, 5.74) is 1.10. The van der Waals surface area contributed by atoms with Crippen molar-refractivity contribution in [2.24, 2.45) is 0 Å². The van der Waals surface area contributed by atoms with Gasteiger partial charge in [-0.15, -0.1) is 0 Å².